The number of rotatable bonds is 0. The Morgan fingerprint density at radius 2 is 1.71 bits per heavy atom. The highest BCUT2D eigenvalue weighted by atomic mass is 16.3. The Morgan fingerprint density at radius 1 is 0.903 bits per heavy atom. The number of ketones is 1. The first-order valence-electron chi connectivity index (χ1n) is 13.4. The number of aliphatic hydroxyl groups excluding tert-OH is 1. The van der Waals surface area contributed by atoms with Crippen molar-refractivity contribution in [2.45, 2.75) is 96.3 Å². The van der Waals surface area contributed by atoms with Gasteiger partial charge in [0.1, 0.15) is 5.78 Å². The third kappa shape index (κ3) is 2.93. The quantitative estimate of drug-likeness (QED) is 0.613. The van der Waals surface area contributed by atoms with Gasteiger partial charge in [-0.3, -0.25) is 9.69 Å². The number of carbonyl (C=O) groups excluding carboxylic acids is 1. The van der Waals surface area contributed by atoms with Crippen molar-refractivity contribution in [3.8, 4) is 0 Å². The minimum absolute atomic E-state index is 0.0789. The predicted octanol–water partition coefficient (Wildman–Crippen LogP) is 3.89. The first kappa shape index (κ1) is 21.1. The van der Waals surface area contributed by atoms with Crippen LogP contribution < -0.4 is 0 Å². The molecule has 31 heavy (non-hydrogen) atoms. The third-order valence-electron chi connectivity index (χ3n) is 11.8. The Hall–Kier alpha value is -0.450. The Labute approximate surface area is 188 Å². The lowest BCUT2D eigenvalue weighted by Crippen LogP contribution is -2.67. The molecule has 2 heterocycles. The molecule has 4 saturated carbocycles. The molecule has 4 aliphatic carbocycles. The molecule has 12 atom stereocenters. The average molecular weight is 430 g/mol. The van der Waals surface area contributed by atoms with Crippen LogP contribution in [-0.2, 0) is 4.79 Å². The molecule has 0 spiro atoms. The molecule has 4 heteroatoms. The lowest BCUT2D eigenvalue weighted by atomic mass is 9.51. The van der Waals surface area contributed by atoms with E-state index in [4.69, 9.17) is 0 Å². The van der Waals surface area contributed by atoms with Gasteiger partial charge in [-0.1, -0.05) is 13.8 Å². The van der Waals surface area contributed by atoms with Gasteiger partial charge in [0.05, 0.1) is 11.7 Å². The van der Waals surface area contributed by atoms with E-state index in [9.17, 15) is 15.0 Å². The van der Waals surface area contributed by atoms with Gasteiger partial charge in [-0.05, 0) is 105 Å². The number of Topliss-reactive ketones (excluding diaryl/α,β-unsaturated/α-hetero) is 1. The maximum Gasteiger partial charge on any atom is 0.136 e. The van der Waals surface area contributed by atoms with Crippen molar-refractivity contribution in [2.24, 2.45) is 52.8 Å². The molecule has 0 bridgehead atoms. The van der Waals surface area contributed by atoms with E-state index in [-0.39, 0.29) is 17.4 Å². The van der Waals surface area contributed by atoms with E-state index in [1.807, 2.05) is 0 Å². The van der Waals surface area contributed by atoms with Crippen molar-refractivity contribution in [1.29, 1.82) is 0 Å². The smallest absolute Gasteiger partial charge is 0.136 e. The monoisotopic (exact) mass is 429 g/mol. The summed E-state index contributed by atoms with van der Waals surface area (Å²) in [5, 5.41) is 22.1. The average Bonchev–Trinajstić information content (AvgIpc) is 3.09. The summed E-state index contributed by atoms with van der Waals surface area (Å²) >= 11 is 0. The first-order chi connectivity index (χ1) is 14.7. The maximum atomic E-state index is 13.2. The predicted molar refractivity (Wildman–Crippen MR) is 120 cm³/mol. The van der Waals surface area contributed by atoms with E-state index in [2.05, 4.69) is 25.7 Å². The van der Waals surface area contributed by atoms with E-state index in [1.54, 1.807) is 0 Å². The number of hydrogen-bond donors (Lipinski definition) is 2. The van der Waals surface area contributed by atoms with E-state index >= 15 is 0 Å². The molecule has 2 aliphatic heterocycles. The highest BCUT2D eigenvalue weighted by molar-refractivity contribution is 5.83. The van der Waals surface area contributed by atoms with Crippen LogP contribution >= 0.6 is 0 Å². The standard InChI is InChI=1S/C27H43NO3/c1-15-4-7-25-27(3,31)21-6-5-17-18(20(21)14-28(25)13-15)11-22-19(17)12-24(30)23-10-16(29)8-9-26(22,23)2/h15-23,25,29,31H,4-14H2,1-3H3/t15-,16+,17+,18+,19-,20-,21-,22+,23+,25-,26+,27-/m0/s1. The summed E-state index contributed by atoms with van der Waals surface area (Å²) in [6, 6.07) is 0.341. The summed E-state index contributed by atoms with van der Waals surface area (Å²) in [7, 11) is 0. The second kappa shape index (κ2) is 7.03. The summed E-state index contributed by atoms with van der Waals surface area (Å²) in [6.45, 7) is 9.23. The second-order valence-electron chi connectivity index (χ2n) is 13.2. The Kier molecular flexibility index (Phi) is 4.78. The second-order valence-corrected chi connectivity index (χ2v) is 13.2. The van der Waals surface area contributed by atoms with Gasteiger partial charge in [0.2, 0.25) is 0 Å². The minimum atomic E-state index is -0.570. The lowest BCUT2D eigenvalue weighted by Gasteiger charge is -2.59. The van der Waals surface area contributed by atoms with E-state index in [0.29, 0.717) is 53.8 Å². The molecule has 0 radical (unpaired) electrons. The van der Waals surface area contributed by atoms with Gasteiger partial charge in [-0.2, -0.15) is 0 Å². The van der Waals surface area contributed by atoms with Crippen molar-refractivity contribution in [3.63, 3.8) is 0 Å². The molecule has 6 fully saturated rings. The number of nitrogens with zero attached hydrogens (tertiary/aromatic N) is 1. The molecular weight excluding hydrogens is 386 g/mol. The van der Waals surface area contributed by atoms with Crippen LogP contribution in [-0.4, -0.2) is 51.7 Å². The highest BCUT2D eigenvalue weighted by Crippen LogP contribution is 2.66. The van der Waals surface area contributed by atoms with Gasteiger partial charge in [0, 0.05) is 31.5 Å². The number of hydrogen-bond acceptors (Lipinski definition) is 4. The molecule has 174 valence electrons. The Morgan fingerprint density at radius 3 is 2.52 bits per heavy atom. The summed E-state index contributed by atoms with van der Waals surface area (Å²) < 4.78 is 0. The molecule has 0 amide bonds. The van der Waals surface area contributed by atoms with E-state index in [0.717, 1.165) is 44.6 Å². The van der Waals surface area contributed by atoms with Crippen LogP contribution in [0.4, 0.5) is 0 Å². The first-order valence-corrected chi connectivity index (χ1v) is 13.4. The summed E-state index contributed by atoms with van der Waals surface area (Å²) in [5.41, 5.74) is -0.482. The Balaban J connectivity index is 1.31. The maximum absolute atomic E-state index is 13.2. The van der Waals surface area contributed by atoms with Crippen molar-refractivity contribution in [1.82, 2.24) is 4.90 Å². The van der Waals surface area contributed by atoms with Crippen LogP contribution in [0.15, 0.2) is 0 Å². The van der Waals surface area contributed by atoms with Gasteiger partial charge in [-0.15, -0.1) is 0 Å². The molecule has 0 aromatic heterocycles. The van der Waals surface area contributed by atoms with Gasteiger partial charge in [0.25, 0.3) is 0 Å². The molecular formula is C27H43NO3. The number of fused-ring (bicyclic) bond motifs is 8. The highest BCUT2D eigenvalue weighted by Gasteiger charge is 2.64. The van der Waals surface area contributed by atoms with E-state index in [1.165, 1.54) is 25.8 Å². The topological polar surface area (TPSA) is 60.8 Å². The molecule has 6 aliphatic rings. The minimum Gasteiger partial charge on any atom is -0.393 e. The van der Waals surface area contributed by atoms with Crippen molar-refractivity contribution >= 4 is 5.78 Å². The fourth-order valence-corrected chi connectivity index (χ4v) is 10.4. The van der Waals surface area contributed by atoms with Gasteiger partial charge >= 0.3 is 0 Å². The van der Waals surface area contributed by atoms with Gasteiger partial charge in [0.15, 0.2) is 0 Å². The summed E-state index contributed by atoms with van der Waals surface area (Å²) in [5.74, 6) is 4.82. The molecule has 0 aromatic rings. The molecule has 2 saturated heterocycles. The third-order valence-corrected chi connectivity index (χ3v) is 11.8. The summed E-state index contributed by atoms with van der Waals surface area (Å²) in [6.07, 6.45) is 9.08. The number of piperidine rings is 2. The Bertz CT molecular complexity index is 751. The van der Waals surface area contributed by atoms with Crippen LogP contribution in [0.25, 0.3) is 0 Å². The fourth-order valence-electron chi connectivity index (χ4n) is 10.4. The largest absolute Gasteiger partial charge is 0.393 e. The zero-order valence-electron chi connectivity index (χ0n) is 19.8. The number of aliphatic hydroxyl groups is 2. The van der Waals surface area contributed by atoms with Crippen molar-refractivity contribution in [3.05, 3.63) is 0 Å². The van der Waals surface area contributed by atoms with Crippen LogP contribution in [0, 0.1) is 52.8 Å². The van der Waals surface area contributed by atoms with Crippen molar-refractivity contribution in [2.75, 3.05) is 13.1 Å². The lowest BCUT2D eigenvalue weighted by molar-refractivity contribution is -0.175. The fraction of sp³-hybridized carbons (Fsp3) is 0.963. The van der Waals surface area contributed by atoms with E-state index < -0.39 is 5.60 Å². The molecule has 0 unspecified atom stereocenters. The SMILES string of the molecule is C[C@H]1CC[C@@H]2N(C1)C[C@H]1[C@@H]3C[C@@H]4[C@@H](CC(=O)[C@H]5C[C@H](O)CC[C@@]54C)[C@@H]3CC[C@@H]1[C@]2(C)O. The van der Waals surface area contributed by atoms with Crippen LogP contribution in [0.2, 0.25) is 0 Å². The molecule has 6 rings (SSSR count). The van der Waals surface area contributed by atoms with Crippen LogP contribution in [0.1, 0.15) is 78.6 Å². The molecule has 2 N–H and O–H groups in total. The van der Waals surface area contributed by atoms with Crippen molar-refractivity contribution < 1.29 is 15.0 Å². The van der Waals surface area contributed by atoms with Gasteiger partial charge in [-0.25, -0.2) is 0 Å². The summed E-state index contributed by atoms with van der Waals surface area (Å²) in [4.78, 5) is 15.9. The number of carbonyl (C=O) groups is 1. The zero-order valence-corrected chi connectivity index (χ0v) is 19.8. The molecule has 4 nitrogen and oxygen atoms in total. The normalized spacial score (nSPS) is 59.2. The van der Waals surface area contributed by atoms with Gasteiger partial charge < -0.3 is 10.2 Å². The van der Waals surface area contributed by atoms with Crippen LogP contribution in [0.5, 0.6) is 0 Å². The zero-order chi connectivity index (χ0) is 21.7. The molecule has 0 aromatic carbocycles. The van der Waals surface area contributed by atoms with Crippen LogP contribution in [0.3, 0.4) is 0 Å².